The van der Waals surface area contributed by atoms with E-state index in [1.807, 2.05) is 25.1 Å². The molecular weight excluding hydrogens is 253 g/mol. The van der Waals surface area contributed by atoms with Gasteiger partial charge in [0, 0.05) is 6.54 Å². The Hall–Kier alpha value is -2.16. The molecule has 102 valence electrons. The number of hydrogen-bond acceptors (Lipinski definition) is 1. The van der Waals surface area contributed by atoms with E-state index >= 15 is 0 Å². The maximum atomic E-state index is 13.8. The molecule has 0 spiro atoms. The number of hydrogen-bond donors (Lipinski definition) is 0. The van der Waals surface area contributed by atoms with E-state index in [9.17, 15) is 9.18 Å². The number of benzene rings is 2. The van der Waals surface area contributed by atoms with Crippen molar-refractivity contribution in [1.29, 1.82) is 0 Å². The number of carbonyl (C=O) groups excluding carboxylic acids is 1. The summed E-state index contributed by atoms with van der Waals surface area (Å²) in [6, 6.07) is 12.2. The van der Waals surface area contributed by atoms with E-state index in [4.69, 9.17) is 0 Å². The predicted molar refractivity (Wildman–Crippen MR) is 77.6 cm³/mol. The van der Waals surface area contributed by atoms with Crippen molar-refractivity contribution in [1.82, 2.24) is 0 Å². The third kappa shape index (κ3) is 2.09. The second-order valence-electron chi connectivity index (χ2n) is 5.12. The van der Waals surface area contributed by atoms with Crippen LogP contribution in [0.25, 0.3) is 0 Å². The lowest BCUT2D eigenvalue weighted by Crippen LogP contribution is -2.36. The molecule has 0 radical (unpaired) electrons. The average molecular weight is 269 g/mol. The maximum Gasteiger partial charge on any atom is 0.261 e. The van der Waals surface area contributed by atoms with Gasteiger partial charge in [-0.2, -0.15) is 0 Å². The molecule has 0 saturated heterocycles. The van der Waals surface area contributed by atoms with Gasteiger partial charge in [-0.1, -0.05) is 30.3 Å². The Balaban J connectivity index is 2.05. The Bertz CT molecular complexity index is 666. The van der Waals surface area contributed by atoms with Gasteiger partial charge in [0.25, 0.3) is 5.91 Å². The summed E-state index contributed by atoms with van der Waals surface area (Å²) in [6.45, 7) is 2.64. The van der Waals surface area contributed by atoms with Crippen molar-refractivity contribution in [2.24, 2.45) is 0 Å². The molecule has 20 heavy (non-hydrogen) atoms. The van der Waals surface area contributed by atoms with Crippen LogP contribution in [0.15, 0.2) is 42.5 Å². The zero-order valence-corrected chi connectivity index (χ0v) is 11.4. The molecule has 0 saturated carbocycles. The van der Waals surface area contributed by atoms with E-state index in [0.29, 0.717) is 6.54 Å². The van der Waals surface area contributed by atoms with Gasteiger partial charge in [-0.25, -0.2) is 4.39 Å². The first-order chi connectivity index (χ1) is 9.68. The molecular formula is C17H16FNO. The van der Waals surface area contributed by atoms with Gasteiger partial charge in [-0.15, -0.1) is 0 Å². The highest BCUT2D eigenvalue weighted by atomic mass is 19.1. The fourth-order valence-corrected chi connectivity index (χ4v) is 2.83. The van der Waals surface area contributed by atoms with Crippen molar-refractivity contribution >= 4 is 11.6 Å². The minimum atomic E-state index is -0.460. The summed E-state index contributed by atoms with van der Waals surface area (Å²) >= 11 is 0. The highest BCUT2D eigenvalue weighted by Crippen LogP contribution is 2.31. The predicted octanol–water partition coefficient (Wildman–Crippen LogP) is 3.73. The summed E-state index contributed by atoms with van der Waals surface area (Å²) in [5.74, 6) is -0.712. The normalized spacial score (nSPS) is 14.0. The molecule has 2 aromatic carbocycles. The molecule has 2 nitrogen and oxygen atoms in total. The van der Waals surface area contributed by atoms with Gasteiger partial charge in [0.15, 0.2) is 0 Å². The van der Waals surface area contributed by atoms with Gasteiger partial charge in [-0.05, 0) is 43.0 Å². The number of aryl methyl sites for hydroxylation is 2. The molecule has 0 aliphatic carbocycles. The zero-order valence-electron chi connectivity index (χ0n) is 11.4. The van der Waals surface area contributed by atoms with E-state index in [1.54, 1.807) is 23.1 Å². The Labute approximate surface area is 117 Å². The zero-order chi connectivity index (χ0) is 14.1. The standard InChI is InChI=1S/C17H16FNO/c1-12-6-4-7-13-8-5-11-19(16(12)13)17(20)14-9-2-3-10-15(14)18/h2-4,6-7,9-10H,5,8,11H2,1H3. The third-order valence-corrected chi connectivity index (χ3v) is 3.77. The van der Waals surface area contributed by atoms with Crippen molar-refractivity contribution in [3.63, 3.8) is 0 Å². The highest BCUT2D eigenvalue weighted by Gasteiger charge is 2.26. The first kappa shape index (κ1) is 12.9. The first-order valence-electron chi connectivity index (χ1n) is 6.83. The van der Waals surface area contributed by atoms with Crippen molar-refractivity contribution < 1.29 is 9.18 Å². The Morgan fingerprint density at radius 2 is 1.95 bits per heavy atom. The number of rotatable bonds is 1. The molecule has 1 aliphatic rings. The van der Waals surface area contributed by atoms with E-state index in [-0.39, 0.29) is 11.5 Å². The van der Waals surface area contributed by atoms with Gasteiger partial charge in [0.05, 0.1) is 11.3 Å². The van der Waals surface area contributed by atoms with E-state index in [1.165, 1.54) is 11.6 Å². The van der Waals surface area contributed by atoms with Crippen LogP contribution in [0, 0.1) is 12.7 Å². The van der Waals surface area contributed by atoms with Crippen molar-refractivity contribution in [3.8, 4) is 0 Å². The van der Waals surface area contributed by atoms with Crippen LogP contribution in [0.4, 0.5) is 10.1 Å². The van der Waals surface area contributed by atoms with E-state index in [2.05, 4.69) is 0 Å². The summed E-state index contributed by atoms with van der Waals surface area (Å²) in [5, 5.41) is 0. The molecule has 0 atom stereocenters. The van der Waals surface area contributed by atoms with Gasteiger partial charge < -0.3 is 4.90 Å². The lowest BCUT2D eigenvalue weighted by Gasteiger charge is -2.31. The summed E-state index contributed by atoms with van der Waals surface area (Å²) < 4.78 is 13.8. The Kier molecular flexibility index (Phi) is 3.26. The van der Waals surface area contributed by atoms with Crippen molar-refractivity contribution in [2.45, 2.75) is 19.8 Å². The lowest BCUT2D eigenvalue weighted by atomic mass is 9.97. The molecule has 0 fully saturated rings. The second-order valence-corrected chi connectivity index (χ2v) is 5.12. The minimum Gasteiger partial charge on any atom is -0.308 e. The van der Waals surface area contributed by atoms with Crippen LogP contribution in [0.1, 0.15) is 27.9 Å². The summed E-state index contributed by atoms with van der Waals surface area (Å²) in [5.41, 5.74) is 3.32. The highest BCUT2D eigenvalue weighted by molar-refractivity contribution is 6.07. The quantitative estimate of drug-likeness (QED) is 0.772. The fourth-order valence-electron chi connectivity index (χ4n) is 2.83. The number of amides is 1. The van der Waals surface area contributed by atoms with Gasteiger partial charge in [-0.3, -0.25) is 4.79 Å². The number of para-hydroxylation sites is 1. The van der Waals surface area contributed by atoms with Gasteiger partial charge >= 0.3 is 0 Å². The number of fused-ring (bicyclic) bond motifs is 1. The van der Waals surface area contributed by atoms with Crippen molar-refractivity contribution in [2.75, 3.05) is 11.4 Å². The van der Waals surface area contributed by atoms with Crippen LogP contribution in [0.3, 0.4) is 0 Å². The molecule has 2 aromatic rings. The molecule has 3 heteroatoms. The van der Waals surface area contributed by atoms with Crippen LogP contribution in [0.5, 0.6) is 0 Å². The molecule has 1 amide bonds. The first-order valence-corrected chi connectivity index (χ1v) is 6.83. The summed E-state index contributed by atoms with van der Waals surface area (Å²) in [4.78, 5) is 14.3. The maximum absolute atomic E-state index is 13.8. The number of carbonyl (C=O) groups is 1. The minimum absolute atomic E-state index is 0.142. The topological polar surface area (TPSA) is 20.3 Å². The summed E-state index contributed by atoms with van der Waals surface area (Å²) in [6.07, 6.45) is 1.88. The number of halogens is 1. The molecule has 3 rings (SSSR count). The van der Waals surface area contributed by atoms with Crippen LogP contribution in [-0.2, 0) is 6.42 Å². The number of anilines is 1. The third-order valence-electron chi connectivity index (χ3n) is 3.77. The van der Waals surface area contributed by atoms with Crippen molar-refractivity contribution in [3.05, 3.63) is 65.0 Å². The van der Waals surface area contributed by atoms with Crippen LogP contribution in [-0.4, -0.2) is 12.5 Å². The molecule has 1 aliphatic heterocycles. The van der Waals surface area contributed by atoms with E-state index < -0.39 is 5.82 Å². The van der Waals surface area contributed by atoms with Gasteiger partial charge in [0.2, 0.25) is 0 Å². The molecule has 0 N–H and O–H groups in total. The number of nitrogens with zero attached hydrogens (tertiary/aromatic N) is 1. The Morgan fingerprint density at radius 1 is 1.15 bits per heavy atom. The Morgan fingerprint density at radius 3 is 2.75 bits per heavy atom. The van der Waals surface area contributed by atoms with Crippen LogP contribution < -0.4 is 4.90 Å². The summed E-state index contributed by atoms with van der Waals surface area (Å²) in [7, 11) is 0. The fraction of sp³-hybridized carbons (Fsp3) is 0.235. The monoisotopic (exact) mass is 269 g/mol. The molecule has 0 aromatic heterocycles. The van der Waals surface area contributed by atoms with E-state index in [0.717, 1.165) is 24.1 Å². The molecule has 0 bridgehead atoms. The van der Waals surface area contributed by atoms with Crippen LogP contribution in [0.2, 0.25) is 0 Å². The van der Waals surface area contributed by atoms with Gasteiger partial charge in [0.1, 0.15) is 5.82 Å². The largest absolute Gasteiger partial charge is 0.308 e. The van der Waals surface area contributed by atoms with Crippen LogP contribution >= 0.6 is 0 Å². The lowest BCUT2D eigenvalue weighted by molar-refractivity contribution is 0.0981. The molecule has 0 unspecified atom stereocenters. The SMILES string of the molecule is Cc1cccc2c1N(C(=O)c1ccccc1F)CCC2. The molecule has 1 heterocycles. The smallest absolute Gasteiger partial charge is 0.261 e. The second kappa shape index (κ2) is 5.08. The average Bonchev–Trinajstić information content (AvgIpc) is 2.47.